The lowest BCUT2D eigenvalue weighted by Crippen LogP contribution is -2.45. The van der Waals surface area contributed by atoms with Crippen LogP contribution in [0.15, 0.2) is 42.5 Å². The summed E-state index contributed by atoms with van der Waals surface area (Å²) >= 11 is 0. The van der Waals surface area contributed by atoms with Crippen molar-refractivity contribution in [2.24, 2.45) is 0 Å². The van der Waals surface area contributed by atoms with Crippen molar-refractivity contribution < 1.29 is 34.0 Å². The van der Waals surface area contributed by atoms with Crippen molar-refractivity contribution in [1.29, 1.82) is 0 Å². The third-order valence-corrected chi connectivity index (χ3v) is 5.09. The van der Waals surface area contributed by atoms with Crippen LogP contribution in [0.1, 0.15) is 11.1 Å². The van der Waals surface area contributed by atoms with Crippen LogP contribution in [0.4, 0.5) is 0 Å². The molecule has 0 bridgehead atoms. The molecule has 0 unspecified atom stereocenters. The van der Waals surface area contributed by atoms with Gasteiger partial charge in [0.05, 0.1) is 21.3 Å². The van der Waals surface area contributed by atoms with Gasteiger partial charge in [-0.2, -0.15) is 0 Å². The lowest BCUT2D eigenvalue weighted by Gasteiger charge is -2.35. The lowest BCUT2D eigenvalue weighted by molar-refractivity contribution is -0.159. The number of methoxy groups -OCH3 is 3. The first-order valence-electron chi connectivity index (χ1n) is 10.1. The summed E-state index contributed by atoms with van der Waals surface area (Å²) in [5, 5.41) is 14.8. The third-order valence-electron chi connectivity index (χ3n) is 5.09. The Labute approximate surface area is 187 Å². The Morgan fingerprint density at radius 3 is 1.81 bits per heavy atom. The molecule has 0 aromatic heterocycles. The smallest absolute Gasteiger partial charge is 0.414 e. The van der Waals surface area contributed by atoms with Gasteiger partial charge in [-0.05, 0) is 23.8 Å². The van der Waals surface area contributed by atoms with Crippen molar-refractivity contribution in [2.45, 2.75) is 13.1 Å². The second kappa shape index (κ2) is 12.5. The number of para-hydroxylation sites is 1. The van der Waals surface area contributed by atoms with Crippen molar-refractivity contribution in [3.8, 4) is 17.2 Å². The zero-order valence-electron chi connectivity index (χ0n) is 18.6. The average molecular weight is 447 g/mol. The van der Waals surface area contributed by atoms with Gasteiger partial charge in [0.15, 0.2) is 11.5 Å². The number of rotatable bonds is 7. The molecule has 1 aliphatic rings. The molecule has 174 valence electrons. The molecule has 1 fully saturated rings. The number of ether oxygens (including phenoxy) is 3. The summed E-state index contributed by atoms with van der Waals surface area (Å²) in [6.45, 7) is 6.11. The second-order valence-electron chi connectivity index (χ2n) is 7.16. The summed E-state index contributed by atoms with van der Waals surface area (Å²) in [6.07, 6.45) is 0. The van der Waals surface area contributed by atoms with Crippen molar-refractivity contribution >= 4 is 11.9 Å². The van der Waals surface area contributed by atoms with Crippen LogP contribution in [0.25, 0.3) is 0 Å². The van der Waals surface area contributed by atoms with E-state index >= 15 is 0 Å². The molecule has 2 aromatic carbocycles. The minimum Gasteiger partial charge on any atom is -0.496 e. The van der Waals surface area contributed by atoms with Crippen molar-refractivity contribution in [1.82, 2.24) is 9.80 Å². The maximum atomic E-state index is 9.10. The number of carboxylic acids is 2. The molecule has 0 saturated carbocycles. The Morgan fingerprint density at radius 1 is 0.750 bits per heavy atom. The van der Waals surface area contributed by atoms with Gasteiger partial charge in [-0.15, -0.1) is 0 Å². The van der Waals surface area contributed by atoms with Crippen LogP contribution >= 0.6 is 0 Å². The Bertz CT molecular complexity index is 884. The normalized spacial score (nSPS) is 14.1. The van der Waals surface area contributed by atoms with E-state index < -0.39 is 11.9 Å². The predicted molar refractivity (Wildman–Crippen MR) is 118 cm³/mol. The van der Waals surface area contributed by atoms with Gasteiger partial charge in [0.2, 0.25) is 0 Å². The van der Waals surface area contributed by atoms with Gasteiger partial charge in [0, 0.05) is 44.8 Å². The van der Waals surface area contributed by atoms with Crippen LogP contribution in [0, 0.1) is 0 Å². The van der Waals surface area contributed by atoms with Gasteiger partial charge in [0.1, 0.15) is 5.75 Å². The first kappa shape index (κ1) is 25.0. The summed E-state index contributed by atoms with van der Waals surface area (Å²) in [4.78, 5) is 23.2. The van der Waals surface area contributed by atoms with Crippen LogP contribution in [0.2, 0.25) is 0 Å². The molecule has 0 atom stereocenters. The quantitative estimate of drug-likeness (QED) is 0.619. The molecule has 1 heterocycles. The minimum absolute atomic E-state index is 0.776. The lowest BCUT2D eigenvalue weighted by atomic mass is 10.1. The molecule has 1 aliphatic heterocycles. The highest BCUT2D eigenvalue weighted by Crippen LogP contribution is 2.28. The first-order chi connectivity index (χ1) is 15.4. The number of carbonyl (C=O) groups is 2. The fourth-order valence-corrected chi connectivity index (χ4v) is 3.42. The molecule has 0 spiro atoms. The molecule has 0 aliphatic carbocycles. The standard InChI is InChI=1S/C21H28N2O3.C2H2O4/c1-24-19-7-5-4-6-18(19)16-23-12-10-22(11-13-23)15-17-8-9-20(25-2)21(14-17)26-3;3-1(4)2(5)6/h4-9,14H,10-13,15-16H2,1-3H3;(H,3,4)(H,5,6). The van der Waals surface area contributed by atoms with Crippen LogP contribution < -0.4 is 14.2 Å². The second-order valence-corrected chi connectivity index (χ2v) is 7.16. The monoisotopic (exact) mass is 446 g/mol. The van der Waals surface area contributed by atoms with Crippen LogP contribution in [-0.2, 0) is 22.7 Å². The predicted octanol–water partition coefficient (Wildman–Crippen LogP) is 2.19. The average Bonchev–Trinajstić information content (AvgIpc) is 2.81. The third kappa shape index (κ3) is 7.44. The largest absolute Gasteiger partial charge is 0.496 e. The number of hydrogen-bond donors (Lipinski definition) is 2. The van der Waals surface area contributed by atoms with Gasteiger partial charge in [-0.1, -0.05) is 24.3 Å². The molecule has 3 rings (SSSR count). The zero-order valence-corrected chi connectivity index (χ0v) is 18.6. The number of hydrogen-bond acceptors (Lipinski definition) is 7. The van der Waals surface area contributed by atoms with E-state index in [9.17, 15) is 0 Å². The van der Waals surface area contributed by atoms with E-state index in [1.807, 2.05) is 18.2 Å². The van der Waals surface area contributed by atoms with Gasteiger partial charge >= 0.3 is 11.9 Å². The maximum absolute atomic E-state index is 9.10. The van der Waals surface area contributed by atoms with Crippen LogP contribution in [0.5, 0.6) is 17.2 Å². The van der Waals surface area contributed by atoms with Gasteiger partial charge in [-0.25, -0.2) is 9.59 Å². The molecule has 2 N–H and O–H groups in total. The molecule has 2 aromatic rings. The SMILES string of the molecule is COc1ccccc1CN1CCN(Cc2ccc(OC)c(OC)c2)CC1.O=C(O)C(=O)O. The molecule has 0 amide bonds. The molecule has 9 heteroatoms. The number of carboxylic acid groups (broad SMARTS) is 2. The number of aliphatic carboxylic acids is 2. The summed E-state index contributed by atoms with van der Waals surface area (Å²) in [5.41, 5.74) is 2.50. The topological polar surface area (TPSA) is 109 Å². The fourth-order valence-electron chi connectivity index (χ4n) is 3.42. The van der Waals surface area contributed by atoms with Crippen LogP contribution in [0.3, 0.4) is 0 Å². The minimum atomic E-state index is -1.82. The van der Waals surface area contributed by atoms with Crippen molar-refractivity contribution in [3.05, 3.63) is 53.6 Å². The number of nitrogens with zero attached hydrogens (tertiary/aromatic N) is 2. The Balaban J connectivity index is 0.000000534. The van der Waals surface area contributed by atoms with E-state index in [2.05, 4.69) is 34.1 Å². The zero-order chi connectivity index (χ0) is 23.5. The summed E-state index contributed by atoms with van der Waals surface area (Å²) < 4.78 is 16.2. The summed E-state index contributed by atoms with van der Waals surface area (Å²) in [7, 11) is 5.08. The molecule has 0 radical (unpaired) electrons. The fraction of sp³-hybridized carbons (Fsp3) is 0.391. The van der Waals surface area contributed by atoms with E-state index in [-0.39, 0.29) is 0 Å². The highest BCUT2D eigenvalue weighted by atomic mass is 16.5. The number of piperazine rings is 1. The molecule has 1 saturated heterocycles. The molecular formula is C23H30N2O7. The van der Waals surface area contributed by atoms with E-state index in [4.69, 9.17) is 34.0 Å². The van der Waals surface area contributed by atoms with Crippen molar-refractivity contribution in [3.63, 3.8) is 0 Å². The molecular weight excluding hydrogens is 416 g/mol. The Hall–Kier alpha value is -3.30. The highest BCUT2D eigenvalue weighted by Gasteiger charge is 2.18. The van der Waals surface area contributed by atoms with E-state index in [1.165, 1.54) is 11.1 Å². The van der Waals surface area contributed by atoms with Gasteiger partial charge in [0.25, 0.3) is 0 Å². The Morgan fingerprint density at radius 2 is 1.28 bits per heavy atom. The van der Waals surface area contributed by atoms with Crippen molar-refractivity contribution in [2.75, 3.05) is 47.5 Å². The molecule has 9 nitrogen and oxygen atoms in total. The maximum Gasteiger partial charge on any atom is 0.414 e. The van der Waals surface area contributed by atoms with E-state index in [1.54, 1.807) is 21.3 Å². The highest BCUT2D eigenvalue weighted by molar-refractivity contribution is 6.27. The molecule has 32 heavy (non-hydrogen) atoms. The number of benzene rings is 2. The summed E-state index contributed by atoms with van der Waals surface area (Å²) in [6, 6.07) is 14.4. The van der Waals surface area contributed by atoms with Crippen LogP contribution in [-0.4, -0.2) is 79.5 Å². The van der Waals surface area contributed by atoms with E-state index in [0.717, 1.165) is 56.5 Å². The summed E-state index contributed by atoms with van der Waals surface area (Å²) in [5.74, 6) is -1.11. The van der Waals surface area contributed by atoms with Gasteiger partial charge in [-0.3, -0.25) is 9.80 Å². The first-order valence-corrected chi connectivity index (χ1v) is 10.1. The Kier molecular flexibility index (Phi) is 9.77. The van der Waals surface area contributed by atoms with E-state index in [0.29, 0.717) is 0 Å². The van der Waals surface area contributed by atoms with Gasteiger partial charge < -0.3 is 24.4 Å².